The lowest BCUT2D eigenvalue weighted by Gasteiger charge is -2.27. The molecule has 0 aliphatic heterocycles. The van der Waals surface area contributed by atoms with E-state index in [1.807, 2.05) is 42.8 Å². The summed E-state index contributed by atoms with van der Waals surface area (Å²) in [7, 11) is -0.288. The predicted molar refractivity (Wildman–Crippen MR) is 107 cm³/mol. The van der Waals surface area contributed by atoms with Gasteiger partial charge in [-0.2, -0.15) is 4.31 Å². The van der Waals surface area contributed by atoms with E-state index in [4.69, 9.17) is 11.6 Å². The Balaban J connectivity index is 2.08. The first-order valence-electron chi connectivity index (χ1n) is 8.64. The van der Waals surface area contributed by atoms with Crippen LogP contribution in [0.5, 0.6) is 0 Å². The van der Waals surface area contributed by atoms with Crippen molar-refractivity contribution in [2.75, 3.05) is 7.05 Å². The summed E-state index contributed by atoms with van der Waals surface area (Å²) in [6.45, 7) is 2.03. The highest BCUT2D eigenvalue weighted by molar-refractivity contribution is 7.89. The molecule has 0 aliphatic carbocycles. The van der Waals surface area contributed by atoms with Crippen molar-refractivity contribution in [2.45, 2.75) is 24.3 Å². The van der Waals surface area contributed by atoms with Crippen molar-refractivity contribution in [1.29, 1.82) is 0 Å². The summed E-state index contributed by atoms with van der Waals surface area (Å²) in [4.78, 5) is 4.65. The van der Waals surface area contributed by atoms with Crippen LogP contribution in [-0.4, -0.2) is 29.3 Å². The highest BCUT2D eigenvalue weighted by atomic mass is 35.5. The van der Waals surface area contributed by atoms with Crippen molar-refractivity contribution >= 4 is 21.6 Å². The normalized spacial score (nSPS) is 13.1. The van der Waals surface area contributed by atoms with Crippen LogP contribution in [0.3, 0.4) is 0 Å². The van der Waals surface area contributed by atoms with Crippen molar-refractivity contribution in [3.05, 3.63) is 82.9 Å². The van der Waals surface area contributed by atoms with Gasteiger partial charge in [-0.15, -0.1) is 0 Å². The van der Waals surface area contributed by atoms with E-state index in [1.165, 1.54) is 4.31 Å². The standard InChI is InChI=1S/C20H22ClN3O2S/c1-4-15-5-11-18(12-6-15)27(25,26)24(3)19(20-22-13-14-23(20)2)16-7-9-17(21)10-8-16/h5-14,19H,4H2,1-3H3. The third kappa shape index (κ3) is 3.93. The van der Waals surface area contributed by atoms with Crippen LogP contribution in [0.4, 0.5) is 0 Å². The van der Waals surface area contributed by atoms with E-state index < -0.39 is 16.1 Å². The number of halogens is 1. The van der Waals surface area contributed by atoms with Crippen LogP contribution in [0.2, 0.25) is 5.02 Å². The zero-order valence-electron chi connectivity index (χ0n) is 15.5. The monoisotopic (exact) mass is 403 g/mol. The molecule has 3 rings (SSSR count). The van der Waals surface area contributed by atoms with E-state index in [-0.39, 0.29) is 4.90 Å². The summed E-state index contributed by atoms with van der Waals surface area (Å²) in [5.41, 5.74) is 1.89. The van der Waals surface area contributed by atoms with Gasteiger partial charge in [-0.25, -0.2) is 13.4 Å². The van der Waals surface area contributed by atoms with Gasteiger partial charge in [0.1, 0.15) is 11.9 Å². The molecule has 27 heavy (non-hydrogen) atoms. The molecular formula is C20H22ClN3O2S. The van der Waals surface area contributed by atoms with E-state index in [9.17, 15) is 8.42 Å². The van der Waals surface area contributed by atoms with Gasteiger partial charge in [0.2, 0.25) is 10.0 Å². The van der Waals surface area contributed by atoms with Gasteiger partial charge in [0.25, 0.3) is 0 Å². The molecule has 3 aromatic rings. The lowest BCUT2D eigenvalue weighted by molar-refractivity contribution is 0.398. The van der Waals surface area contributed by atoms with Crippen LogP contribution >= 0.6 is 11.6 Å². The van der Waals surface area contributed by atoms with E-state index in [1.54, 1.807) is 43.7 Å². The van der Waals surface area contributed by atoms with E-state index in [0.29, 0.717) is 10.8 Å². The van der Waals surface area contributed by atoms with E-state index in [2.05, 4.69) is 4.98 Å². The predicted octanol–water partition coefficient (Wildman–Crippen LogP) is 4.05. The van der Waals surface area contributed by atoms with Gasteiger partial charge < -0.3 is 4.57 Å². The summed E-state index contributed by atoms with van der Waals surface area (Å²) in [5.74, 6) is 0.633. The number of aromatic nitrogens is 2. The summed E-state index contributed by atoms with van der Waals surface area (Å²) in [5, 5.41) is 0.595. The third-order valence-electron chi connectivity index (χ3n) is 4.66. The van der Waals surface area contributed by atoms with Crippen LogP contribution in [0.25, 0.3) is 0 Å². The van der Waals surface area contributed by atoms with Gasteiger partial charge in [-0.1, -0.05) is 42.8 Å². The van der Waals surface area contributed by atoms with Gasteiger partial charge in [0, 0.05) is 31.5 Å². The number of sulfonamides is 1. The molecule has 0 bridgehead atoms. The number of nitrogens with zero attached hydrogens (tertiary/aromatic N) is 3. The zero-order chi connectivity index (χ0) is 19.6. The molecule has 0 saturated heterocycles. The number of benzene rings is 2. The van der Waals surface area contributed by atoms with Crippen molar-refractivity contribution in [3.63, 3.8) is 0 Å². The molecule has 1 atom stereocenters. The third-order valence-corrected chi connectivity index (χ3v) is 6.75. The van der Waals surface area contributed by atoms with Gasteiger partial charge >= 0.3 is 0 Å². The van der Waals surface area contributed by atoms with Crippen LogP contribution in [0.1, 0.15) is 29.9 Å². The van der Waals surface area contributed by atoms with Gasteiger partial charge in [-0.05, 0) is 41.8 Å². The van der Waals surface area contributed by atoms with Gasteiger partial charge in [0.15, 0.2) is 0 Å². The second kappa shape index (κ2) is 7.84. The van der Waals surface area contributed by atoms with E-state index in [0.717, 1.165) is 17.5 Å². The molecule has 0 N–H and O–H groups in total. The Kier molecular flexibility index (Phi) is 5.69. The average molecular weight is 404 g/mol. The minimum Gasteiger partial charge on any atom is -0.336 e. The number of imidazole rings is 1. The fourth-order valence-corrected chi connectivity index (χ4v) is 4.44. The summed E-state index contributed by atoms with van der Waals surface area (Å²) < 4.78 is 29.8. The quantitative estimate of drug-likeness (QED) is 0.624. The minimum atomic E-state index is -3.72. The molecule has 0 aliphatic rings. The maximum absolute atomic E-state index is 13.3. The zero-order valence-corrected chi connectivity index (χ0v) is 17.1. The van der Waals surface area contributed by atoms with Crippen molar-refractivity contribution in [2.24, 2.45) is 7.05 Å². The molecular weight excluding hydrogens is 382 g/mol. The number of rotatable bonds is 6. The van der Waals surface area contributed by atoms with Crippen molar-refractivity contribution in [3.8, 4) is 0 Å². The molecule has 142 valence electrons. The molecule has 0 saturated carbocycles. The summed E-state index contributed by atoms with van der Waals surface area (Å²) in [6.07, 6.45) is 4.32. The molecule has 2 aromatic carbocycles. The first-order valence-corrected chi connectivity index (χ1v) is 10.5. The van der Waals surface area contributed by atoms with Crippen LogP contribution < -0.4 is 0 Å². The Morgan fingerprint density at radius 3 is 2.26 bits per heavy atom. The Hall–Kier alpha value is -2.15. The lowest BCUT2D eigenvalue weighted by Crippen LogP contribution is -2.33. The molecule has 0 radical (unpaired) electrons. The minimum absolute atomic E-state index is 0.260. The molecule has 0 spiro atoms. The molecule has 0 amide bonds. The van der Waals surface area contributed by atoms with Crippen LogP contribution in [0, 0.1) is 0 Å². The second-order valence-corrected chi connectivity index (χ2v) is 8.80. The summed E-state index contributed by atoms with van der Waals surface area (Å²) >= 11 is 6.01. The number of hydrogen-bond acceptors (Lipinski definition) is 3. The molecule has 1 unspecified atom stereocenters. The first kappa shape index (κ1) is 19.6. The van der Waals surface area contributed by atoms with Crippen molar-refractivity contribution in [1.82, 2.24) is 13.9 Å². The SMILES string of the molecule is CCc1ccc(S(=O)(=O)N(C)C(c2ccc(Cl)cc2)c2nccn2C)cc1. The molecule has 5 nitrogen and oxygen atoms in total. The number of aryl methyl sites for hydroxylation is 2. The van der Waals surface area contributed by atoms with Gasteiger partial charge in [0.05, 0.1) is 4.90 Å². The fraction of sp³-hybridized carbons (Fsp3) is 0.250. The Morgan fingerprint density at radius 1 is 1.11 bits per heavy atom. The fourth-order valence-electron chi connectivity index (χ4n) is 3.01. The lowest BCUT2D eigenvalue weighted by atomic mass is 10.1. The number of hydrogen-bond donors (Lipinski definition) is 0. The molecule has 1 heterocycles. The Bertz CT molecular complexity index is 1010. The van der Waals surface area contributed by atoms with Crippen LogP contribution in [0.15, 0.2) is 65.8 Å². The smallest absolute Gasteiger partial charge is 0.243 e. The highest BCUT2D eigenvalue weighted by Crippen LogP contribution is 2.31. The Morgan fingerprint density at radius 2 is 1.74 bits per heavy atom. The largest absolute Gasteiger partial charge is 0.336 e. The van der Waals surface area contributed by atoms with Crippen LogP contribution in [-0.2, 0) is 23.5 Å². The van der Waals surface area contributed by atoms with Crippen molar-refractivity contribution < 1.29 is 8.42 Å². The highest BCUT2D eigenvalue weighted by Gasteiger charge is 2.32. The topological polar surface area (TPSA) is 55.2 Å². The first-order chi connectivity index (χ1) is 12.8. The molecule has 0 fully saturated rings. The molecule has 7 heteroatoms. The maximum atomic E-state index is 13.3. The molecule has 1 aromatic heterocycles. The van der Waals surface area contributed by atoms with Gasteiger partial charge in [-0.3, -0.25) is 0 Å². The maximum Gasteiger partial charge on any atom is 0.243 e. The average Bonchev–Trinajstić information content (AvgIpc) is 3.09. The summed E-state index contributed by atoms with van der Waals surface area (Å²) in [6, 6.07) is 13.6. The Labute approximate surface area is 165 Å². The second-order valence-electron chi connectivity index (χ2n) is 6.37. The van der Waals surface area contributed by atoms with E-state index >= 15 is 0 Å².